The molecule has 1 atom stereocenters. The van der Waals surface area contributed by atoms with Crippen molar-refractivity contribution >= 4 is 29.1 Å². The second-order valence-electron chi connectivity index (χ2n) is 6.67. The molecule has 0 bridgehead atoms. The minimum Gasteiger partial charge on any atom is -0.481 e. The molecule has 5 nitrogen and oxygen atoms in total. The van der Waals surface area contributed by atoms with Crippen LogP contribution in [0, 0.1) is 0 Å². The van der Waals surface area contributed by atoms with Crippen molar-refractivity contribution in [3.8, 4) is 5.75 Å². The summed E-state index contributed by atoms with van der Waals surface area (Å²) in [6.45, 7) is 2.26. The van der Waals surface area contributed by atoms with Crippen LogP contribution in [0.5, 0.6) is 5.75 Å². The third-order valence-electron chi connectivity index (χ3n) is 4.48. The van der Waals surface area contributed by atoms with Gasteiger partial charge in [-0.05, 0) is 48.4 Å². The molecule has 0 saturated heterocycles. The molecule has 0 unspecified atom stereocenters. The first-order chi connectivity index (χ1) is 14.6. The van der Waals surface area contributed by atoms with Crippen LogP contribution in [0.4, 0.5) is 5.69 Å². The Balaban J connectivity index is 1.67. The molecule has 0 aliphatic heterocycles. The first-order valence-corrected chi connectivity index (χ1v) is 10.1. The standard InChI is InChI=1S/C24H23ClN2O3/c1-2-22(30-19-14-12-18(25)13-15-19)24(29)27-21-11-7-6-10-20(21)23(28)26-16-17-8-4-3-5-9-17/h3-15,22H,2,16H2,1H3,(H,26,28)(H,27,29)/t22-/m1/s1. The molecule has 3 aromatic rings. The van der Waals surface area contributed by atoms with Gasteiger partial charge in [0.05, 0.1) is 11.3 Å². The molecule has 154 valence electrons. The molecule has 0 aromatic heterocycles. The molecule has 2 N–H and O–H groups in total. The summed E-state index contributed by atoms with van der Waals surface area (Å²) in [5.74, 6) is -0.0348. The van der Waals surface area contributed by atoms with Gasteiger partial charge >= 0.3 is 0 Å². The molecule has 3 aromatic carbocycles. The molecule has 30 heavy (non-hydrogen) atoms. The van der Waals surface area contributed by atoms with Crippen molar-refractivity contribution in [3.63, 3.8) is 0 Å². The number of benzene rings is 3. The number of hydrogen-bond acceptors (Lipinski definition) is 3. The van der Waals surface area contributed by atoms with Crippen molar-refractivity contribution in [1.29, 1.82) is 0 Å². The van der Waals surface area contributed by atoms with Gasteiger partial charge in [0.15, 0.2) is 6.10 Å². The first kappa shape index (κ1) is 21.4. The Bertz CT molecular complexity index is 991. The number of amides is 2. The van der Waals surface area contributed by atoms with Crippen LogP contribution in [0.2, 0.25) is 5.02 Å². The van der Waals surface area contributed by atoms with Crippen LogP contribution in [-0.4, -0.2) is 17.9 Å². The predicted molar refractivity (Wildman–Crippen MR) is 119 cm³/mol. The zero-order valence-corrected chi connectivity index (χ0v) is 17.4. The van der Waals surface area contributed by atoms with E-state index in [-0.39, 0.29) is 11.8 Å². The maximum Gasteiger partial charge on any atom is 0.265 e. The Morgan fingerprint density at radius 1 is 0.933 bits per heavy atom. The predicted octanol–water partition coefficient (Wildman–Crippen LogP) is 5.07. The van der Waals surface area contributed by atoms with Crippen LogP contribution in [0.1, 0.15) is 29.3 Å². The summed E-state index contributed by atoms with van der Waals surface area (Å²) in [5, 5.41) is 6.30. The van der Waals surface area contributed by atoms with E-state index in [0.29, 0.717) is 35.0 Å². The van der Waals surface area contributed by atoms with Gasteiger partial charge in [0.25, 0.3) is 11.8 Å². The van der Waals surface area contributed by atoms with Gasteiger partial charge in [-0.15, -0.1) is 0 Å². The quantitative estimate of drug-likeness (QED) is 0.532. The van der Waals surface area contributed by atoms with Crippen LogP contribution in [0.15, 0.2) is 78.9 Å². The minimum atomic E-state index is -0.702. The summed E-state index contributed by atoms with van der Waals surface area (Å²) in [7, 11) is 0. The van der Waals surface area contributed by atoms with Crippen molar-refractivity contribution in [2.24, 2.45) is 0 Å². The Hall–Kier alpha value is -3.31. The molecule has 0 saturated carbocycles. The number of ether oxygens (including phenoxy) is 1. The molecular weight excluding hydrogens is 400 g/mol. The summed E-state index contributed by atoms with van der Waals surface area (Å²) in [6, 6.07) is 23.4. The second kappa shape index (κ2) is 10.5. The van der Waals surface area contributed by atoms with Crippen LogP contribution in [0.25, 0.3) is 0 Å². The van der Waals surface area contributed by atoms with Gasteiger partial charge in [0, 0.05) is 11.6 Å². The van der Waals surface area contributed by atoms with Crippen molar-refractivity contribution in [2.75, 3.05) is 5.32 Å². The first-order valence-electron chi connectivity index (χ1n) is 9.71. The maximum absolute atomic E-state index is 12.8. The highest BCUT2D eigenvalue weighted by molar-refractivity contribution is 6.30. The van der Waals surface area contributed by atoms with Gasteiger partial charge in [-0.25, -0.2) is 0 Å². The number of para-hydroxylation sites is 1. The fourth-order valence-corrected chi connectivity index (χ4v) is 3.00. The molecule has 0 aliphatic carbocycles. The summed E-state index contributed by atoms with van der Waals surface area (Å²) in [5.41, 5.74) is 1.82. The highest BCUT2D eigenvalue weighted by Crippen LogP contribution is 2.20. The van der Waals surface area contributed by atoms with Crippen molar-refractivity contribution in [2.45, 2.75) is 26.0 Å². The lowest BCUT2D eigenvalue weighted by Gasteiger charge is -2.18. The molecule has 2 amide bonds. The number of carbonyl (C=O) groups is 2. The van der Waals surface area contributed by atoms with Gasteiger partial charge in [-0.1, -0.05) is 61.0 Å². The van der Waals surface area contributed by atoms with Crippen molar-refractivity contribution < 1.29 is 14.3 Å². The fourth-order valence-electron chi connectivity index (χ4n) is 2.88. The molecule has 3 rings (SSSR count). The van der Waals surface area contributed by atoms with E-state index in [4.69, 9.17) is 16.3 Å². The molecule has 0 spiro atoms. The molecule has 0 fully saturated rings. The van der Waals surface area contributed by atoms with Crippen LogP contribution in [0.3, 0.4) is 0 Å². The second-order valence-corrected chi connectivity index (χ2v) is 7.11. The van der Waals surface area contributed by atoms with Gasteiger partial charge in [-0.2, -0.15) is 0 Å². The van der Waals surface area contributed by atoms with E-state index in [9.17, 15) is 9.59 Å². The number of rotatable bonds is 8. The Labute approximate surface area is 181 Å². The van der Waals surface area contributed by atoms with Crippen molar-refractivity contribution in [3.05, 3.63) is 95.0 Å². The number of anilines is 1. The fraction of sp³-hybridized carbons (Fsp3) is 0.167. The largest absolute Gasteiger partial charge is 0.481 e. The third kappa shape index (κ3) is 5.84. The molecule has 6 heteroatoms. The molecule has 0 aliphatic rings. The zero-order chi connectivity index (χ0) is 21.3. The van der Waals surface area contributed by atoms with Crippen LogP contribution >= 0.6 is 11.6 Å². The lowest BCUT2D eigenvalue weighted by molar-refractivity contribution is -0.122. The van der Waals surface area contributed by atoms with E-state index in [1.807, 2.05) is 37.3 Å². The summed E-state index contributed by atoms with van der Waals surface area (Å²) < 4.78 is 5.79. The lowest BCUT2D eigenvalue weighted by atomic mass is 10.1. The smallest absolute Gasteiger partial charge is 0.265 e. The minimum absolute atomic E-state index is 0.263. The average Bonchev–Trinajstić information content (AvgIpc) is 2.78. The number of hydrogen-bond donors (Lipinski definition) is 2. The van der Waals surface area contributed by atoms with E-state index < -0.39 is 6.10 Å². The Kier molecular flexibility index (Phi) is 7.46. The highest BCUT2D eigenvalue weighted by Gasteiger charge is 2.21. The van der Waals surface area contributed by atoms with Gasteiger partial charge in [0.1, 0.15) is 5.75 Å². The summed E-state index contributed by atoms with van der Waals surface area (Å²) in [6.07, 6.45) is -0.233. The van der Waals surface area contributed by atoms with Crippen LogP contribution in [-0.2, 0) is 11.3 Å². The summed E-state index contributed by atoms with van der Waals surface area (Å²) in [4.78, 5) is 25.5. The number of carbonyl (C=O) groups excluding carboxylic acids is 2. The lowest BCUT2D eigenvalue weighted by Crippen LogP contribution is -2.33. The normalized spacial score (nSPS) is 11.4. The summed E-state index contributed by atoms with van der Waals surface area (Å²) >= 11 is 5.89. The van der Waals surface area contributed by atoms with Gasteiger partial charge < -0.3 is 15.4 Å². The average molecular weight is 423 g/mol. The zero-order valence-electron chi connectivity index (χ0n) is 16.6. The van der Waals surface area contributed by atoms with E-state index in [2.05, 4.69) is 10.6 Å². The van der Waals surface area contributed by atoms with E-state index in [0.717, 1.165) is 5.56 Å². The third-order valence-corrected chi connectivity index (χ3v) is 4.73. The van der Waals surface area contributed by atoms with Crippen molar-refractivity contribution in [1.82, 2.24) is 5.32 Å². The Morgan fingerprint density at radius 2 is 1.60 bits per heavy atom. The SMILES string of the molecule is CC[C@@H](Oc1ccc(Cl)cc1)C(=O)Nc1ccccc1C(=O)NCc1ccccc1. The Morgan fingerprint density at radius 3 is 2.30 bits per heavy atom. The number of halogens is 1. The van der Waals surface area contributed by atoms with E-state index in [1.54, 1.807) is 48.5 Å². The molecular formula is C24H23ClN2O3. The molecule has 0 radical (unpaired) electrons. The van der Waals surface area contributed by atoms with Crippen LogP contribution < -0.4 is 15.4 Å². The number of nitrogens with one attached hydrogen (secondary N) is 2. The van der Waals surface area contributed by atoms with E-state index in [1.165, 1.54) is 0 Å². The van der Waals surface area contributed by atoms with Gasteiger partial charge in [-0.3, -0.25) is 9.59 Å². The highest BCUT2D eigenvalue weighted by atomic mass is 35.5. The maximum atomic E-state index is 12.8. The van der Waals surface area contributed by atoms with E-state index >= 15 is 0 Å². The monoisotopic (exact) mass is 422 g/mol. The topological polar surface area (TPSA) is 67.4 Å². The molecule has 0 heterocycles. The van der Waals surface area contributed by atoms with Gasteiger partial charge in [0.2, 0.25) is 0 Å².